The van der Waals surface area contributed by atoms with Crippen LogP contribution in [0.3, 0.4) is 0 Å². The van der Waals surface area contributed by atoms with Crippen LogP contribution in [0.5, 0.6) is 0 Å². The van der Waals surface area contributed by atoms with Crippen LogP contribution in [-0.2, 0) is 9.53 Å². The normalized spacial score (nSPS) is 16.0. The number of hydrogen-bond acceptors (Lipinski definition) is 5. The summed E-state index contributed by atoms with van der Waals surface area (Å²) in [5.74, 6) is 1.48. The van der Waals surface area contributed by atoms with Gasteiger partial charge in [0, 0.05) is 12.0 Å². The highest BCUT2D eigenvalue weighted by Crippen LogP contribution is 2.37. The lowest BCUT2D eigenvalue weighted by molar-refractivity contribution is -0.141. The van der Waals surface area contributed by atoms with Crippen molar-refractivity contribution in [3.05, 3.63) is 22.2 Å². The minimum absolute atomic E-state index is 0.197. The van der Waals surface area contributed by atoms with Gasteiger partial charge in [-0.1, -0.05) is 13.8 Å². The summed E-state index contributed by atoms with van der Waals surface area (Å²) in [7, 11) is 1.36. The van der Waals surface area contributed by atoms with E-state index in [2.05, 4.69) is 15.3 Å². The second kappa shape index (κ2) is 6.07. The molecular formula is C14H21N3O3. The molecule has 0 aliphatic heterocycles. The van der Waals surface area contributed by atoms with Crippen LogP contribution in [0.2, 0.25) is 0 Å². The molecule has 0 radical (unpaired) electrons. The fraction of sp³-hybridized carbons (Fsp3) is 0.643. The smallest absolute Gasteiger partial charge is 0.328 e. The van der Waals surface area contributed by atoms with E-state index in [1.807, 2.05) is 13.8 Å². The number of nitrogens with one attached hydrogen (secondary N) is 2. The molecule has 110 valence electrons. The van der Waals surface area contributed by atoms with E-state index in [-0.39, 0.29) is 11.5 Å². The average Bonchev–Trinajstić information content (AvgIpc) is 3.20. The van der Waals surface area contributed by atoms with Crippen molar-refractivity contribution in [3.8, 4) is 0 Å². The fourth-order valence-electron chi connectivity index (χ4n) is 2.11. The molecule has 1 heterocycles. The van der Waals surface area contributed by atoms with Crippen molar-refractivity contribution in [2.24, 2.45) is 5.92 Å². The van der Waals surface area contributed by atoms with E-state index in [1.54, 1.807) is 0 Å². The number of ether oxygens (including phenoxy) is 1. The first-order chi connectivity index (χ1) is 9.49. The van der Waals surface area contributed by atoms with Gasteiger partial charge in [-0.25, -0.2) is 9.78 Å². The number of methoxy groups -OCH3 is 1. The Hall–Kier alpha value is -1.85. The maximum Gasteiger partial charge on any atom is 0.328 e. The van der Waals surface area contributed by atoms with Crippen LogP contribution in [0.1, 0.15) is 44.9 Å². The number of hydrogen-bond donors (Lipinski definition) is 2. The molecule has 0 aromatic carbocycles. The van der Waals surface area contributed by atoms with Crippen molar-refractivity contribution in [2.45, 2.75) is 45.1 Å². The Morgan fingerprint density at radius 2 is 2.25 bits per heavy atom. The number of carbonyl (C=O) groups excluding carboxylic acids is 1. The van der Waals surface area contributed by atoms with Crippen molar-refractivity contribution in [3.63, 3.8) is 0 Å². The van der Waals surface area contributed by atoms with E-state index < -0.39 is 6.04 Å². The second-order valence-corrected chi connectivity index (χ2v) is 5.64. The molecule has 0 amide bonds. The number of rotatable bonds is 6. The Morgan fingerprint density at radius 3 is 2.80 bits per heavy atom. The van der Waals surface area contributed by atoms with Crippen molar-refractivity contribution >= 4 is 11.8 Å². The van der Waals surface area contributed by atoms with Crippen LogP contribution >= 0.6 is 0 Å². The standard InChI is InChI=1S/C14H21N3O3/c1-8(2)6-10(14(19)20-3)15-11-7-12(18)17-13(16-11)9-4-5-9/h7-10H,4-6H2,1-3H3,(H2,15,16,17,18). The van der Waals surface area contributed by atoms with Gasteiger partial charge in [0.1, 0.15) is 17.7 Å². The van der Waals surface area contributed by atoms with Gasteiger partial charge in [-0.05, 0) is 25.2 Å². The SMILES string of the molecule is COC(=O)C(CC(C)C)Nc1cc(=O)[nH]c(C2CC2)n1. The predicted octanol–water partition coefficient (Wildman–Crippen LogP) is 1.65. The van der Waals surface area contributed by atoms with E-state index >= 15 is 0 Å². The molecule has 2 rings (SSSR count). The lowest BCUT2D eigenvalue weighted by atomic mass is 10.0. The van der Waals surface area contributed by atoms with Crippen molar-refractivity contribution in [1.29, 1.82) is 0 Å². The van der Waals surface area contributed by atoms with Crippen LogP contribution in [0.4, 0.5) is 5.82 Å². The molecule has 6 nitrogen and oxygen atoms in total. The van der Waals surface area contributed by atoms with Crippen LogP contribution in [0.15, 0.2) is 10.9 Å². The van der Waals surface area contributed by atoms with E-state index in [9.17, 15) is 9.59 Å². The average molecular weight is 279 g/mol. The molecule has 1 fully saturated rings. The van der Waals surface area contributed by atoms with Crippen LogP contribution in [0.25, 0.3) is 0 Å². The highest BCUT2D eigenvalue weighted by atomic mass is 16.5. The molecule has 1 aromatic rings. The van der Waals surface area contributed by atoms with E-state index in [4.69, 9.17) is 4.74 Å². The molecule has 1 aliphatic carbocycles. The highest BCUT2D eigenvalue weighted by Gasteiger charge is 2.27. The maximum absolute atomic E-state index is 11.8. The van der Waals surface area contributed by atoms with Crippen LogP contribution in [0, 0.1) is 5.92 Å². The topological polar surface area (TPSA) is 84.1 Å². The minimum atomic E-state index is -0.485. The van der Waals surface area contributed by atoms with Gasteiger partial charge in [-0.15, -0.1) is 0 Å². The third-order valence-corrected chi connectivity index (χ3v) is 3.24. The lowest BCUT2D eigenvalue weighted by Crippen LogP contribution is -2.33. The van der Waals surface area contributed by atoms with Gasteiger partial charge in [0.2, 0.25) is 0 Å². The van der Waals surface area contributed by atoms with Gasteiger partial charge in [0.05, 0.1) is 7.11 Å². The predicted molar refractivity (Wildman–Crippen MR) is 75.7 cm³/mol. The summed E-state index contributed by atoms with van der Waals surface area (Å²) in [6, 6.07) is 0.892. The summed E-state index contributed by atoms with van der Waals surface area (Å²) in [4.78, 5) is 30.5. The van der Waals surface area contributed by atoms with Crippen LogP contribution < -0.4 is 10.9 Å². The molecular weight excluding hydrogens is 258 g/mol. The van der Waals surface area contributed by atoms with Gasteiger partial charge < -0.3 is 15.0 Å². The zero-order valence-corrected chi connectivity index (χ0v) is 12.1. The Labute approximate surface area is 118 Å². The zero-order chi connectivity index (χ0) is 14.7. The third-order valence-electron chi connectivity index (χ3n) is 3.24. The van der Waals surface area contributed by atoms with Crippen molar-refractivity contribution in [2.75, 3.05) is 12.4 Å². The fourth-order valence-corrected chi connectivity index (χ4v) is 2.11. The zero-order valence-electron chi connectivity index (χ0n) is 12.1. The molecule has 1 unspecified atom stereocenters. The van der Waals surface area contributed by atoms with Gasteiger partial charge in [-0.3, -0.25) is 4.79 Å². The summed E-state index contributed by atoms with van der Waals surface area (Å²) in [6.45, 7) is 4.05. The Balaban J connectivity index is 2.16. The number of carbonyl (C=O) groups is 1. The number of anilines is 1. The van der Waals surface area contributed by atoms with Gasteiger partial charge in [0.15, 0.2) is 0 Å². The van der Waals surface area contributed by atoms with E-state index in [1.165, 1.54) is 13.2 Å². The molecule has 6 heteroatoms. The first-order valence-corrected chi connectivity index (χ1v) is 6.95. The first-order valence-electron chi connectivity index (χ1n) is 6.95. The number of aromatic amines is 1. The second-order valence-electron chi connectivity index (χ2n) is 5.64. The lowest BCUT2D eigenvalue weighted by Gasteiger charge is -2.18. The first kappa shape index (κ1) is 14.6. The van der Waals surface area contributed by atoms with E-state index in [0.29, 0.717) is 29.9 Å². The van der Waals surface area contributed by atoms with Gasteiger partial charge in [-0.2, -0.15) is 0 Å². The molecule has 0 bridgehead atoms. The van der Waals surface area contributed by atoms with Gasteiger partial charge in [0.25, 0.3) is 5.56 Å². The molecule has 0 saturated heterocycles. The van der Waals surface area contributed by atoms with Crippen molar-refractivity contribution < 1.29 is 9.53 Å². The van der Waals surface area contributed by atoms with Crippen molar-refractivity contribution in [1.82, 2.24) is 9.97 Å². The summed E-state index contributed by atoms with van der Waals surface area (Å²) < 4.78 is 4.79. The van der Waals surface area contributed by atoms with Gasteiger partial charge >= 0.3 is 5.97 Å². The minimum Gasteiger partial charge on any atom is -0.467 e. The van der Waals surface area contributed by atoms with Crippen LogP contribution in [-0.4, -0.2) is 29.1 Å². The molecule has 0 spiro atoms. The summed E-state index contributed by atoms with van der Waals surface area (Å²) in [5.41, 5.74) is -0.197. The highest BCUT2D eigenvalue weighted by molar-refractivity contribution is 5.78. The largest absolute Gasteiger partial charge is 0.467 e. The Bertz CT molecular complexity index is 535. The Morgan fingerprint density at radius 1 is 1.55 bits per heavy atom. The summed E-state index contributed by atoms with van der Waals surface area (Å²) in [6.07, 6.45) is 2.73. The molecule has 1 saturated carbocycles. The number of H-pyrrole nitrogens is 1. The molecule has 20 heavy (non-hydrogen) atoms. The molecule has 2 N–H and O–H groups in total. The van der Waals surface area contributed by atoms with E-state index in [0.717, 1.165) is 12.8 Å². The molecule has 1 aliphatic rings. The quantitative estimate of drug-likeness (QED) is 0.773. The monoisotopic (exact) mass is 279 g/mol. The summed E-state index contributed by atoms with van der Waals surface area (Å²) >= 11 is 0. The third kappa shape index (κ3) is 3.82. The number of nitrogens with zero attached hydrogens (tertiary/aromatic N) is 1. The molecule has 1 atom stereocenters. The summed E-state index contributed by atoms with van der Waals surface area (Å²) in [5, 5.41) is 3.02. The maximum atomic E-state index is 11.8. The Kier molecular flexibility index (Phi) is 4.42. The number of esters is 1. The number of aromatic nitrogens is 2. The molecule has 1 aromatic heterocycles.